The highest BCUT2D eigenvalue weighted by Gasteiger charge is 2.19. The Balaban J connectivity index is 1.72. The Bertz CT molecular complexity index is 1610. The maximum absolute atomic E-state index is 13.7. The van der Waals surface area contributed by atoms with Crippen LogP contribution in [-0.4, -0.2) is 32.7 Å². The minimum absolute atomic E-state index is 0.132. The van der Waals surface area contributed by atoms with Crippen LogP contribution in [0.4, 0.5) is 0 Å². The van der Waals surface area contributed by atoms with Crippen LogP contribution in [0.5, 0.6) is 11.5 Å². The zero-order chi connectivity index (χ0) is 23.8. The third kappa shape index (κ3) is 3.73. The molecular weight excluding hydrogens is 432 g/mol. The summed E-state index contributed by atoms with van der Waals surface area (Å²) in [6.45, 7) is 2.38. The van der Waals surface area contributed by atoms with Crippen LogP contribution in [0.1, 0.15) is 16.7 Å². The van der Waals surface area contributed by atoms with Crippen molar-refractivity contribution in [3.05, 3.63) is 104 Å². The minimum atomic E-state index is -0.414. The van der Waals surface area contributed by atoms with Crippen molar-refractivity contribution in [3.8, 4) is 11.5 Å². The smallest absolute Gasteiger partial charge is 0.333 e. The molecule has 8 nitrogen and oxygen atoms in total. The first kappa shape index (κ1) is 21.5. The second-order valence-electron chi connectivity index (χ2n) is 8.17. The fourth-order valence-electron chi connectivity index (χ4n) is 4.09. The highest BCUT2D eigenvalue weighted by atomic mass is 16.5. The fraction of sp³-hybridized carbons (Fsp3) is 0.192. The molecule has 0 N–H and O–H groups in total. The predicted octanol–water partition coefficient (Wildman–Crippen LogP) is 3.23. The van der Waals surface area contributed by atoms with Crippen molar-refractivity contribution in [1.82, 2.24) is 18.5 Å². The molecule has 0 unspecified atom stereocenters. The maximum atomic E-state index is 13.7. The average molecular weight is 457 g/mol. The summed E-state index contributed by atoms with van der Waals surface area (Å²) >= 11 is 0. The van der Waals surface area contributed by atoms with Crippen LogP contribution < -0.4 is 20.7 Å². The number of fused-ring (bicyclic) bond motifs is 3. The molecule has 0 atom stereocenters. The van der Waals surface area contributed by atoms with Crippen molar-refractivity contribution in [2.45, 2.75) is 20.0 Å². The quantitative estimate of drug-likeness (QED) is 0.392. The molecule has 5 aromatic rings. The molecular formula is C26H24N4O4. The standard InChI is InChI=1S/C26H24N4O4/c1-17-12-13-28-22(14-17)27-23-24(28)29(15-18-4-8-20(33-2)9-5-18)26(32)30(25(23)31)16-19-6-10-21(34-3)11-7-19/h4-14H,15-16H2,1-3H3. The fourth-order valence-corrected chi connectivity index (χ4v) is 4.09. The summed E-state index contributed by atoms with van der Waals surface area (Å²) in [6.07, 6.45) is 1.84. The lowest BCUT2D eigenvalue weighted by molar-refractivity contribution is 0.414. The molecule has 3 aromatic heterocycles. The van der Waals surface area contributed by atoms with Gasteiger partial charge in [0.15, 0.2) is 11.2 Å². The molecule has 0 saturated carbocycles. The number of hydrogen-bond donors (Lipinski definition) is 0. The Labute approximate surface area is 195 Å². The van der Waals surface area contributed by atoms with E-state index < -0.39 is 11.2 Å². The molecule has 34 heavy (non-hydrogen) atoms. The summed E-state index contributed by atoms with van der Waals surface area (Å²) in [5.41, 5.74) is 3.28. The molecule has 0 aliphatic rings. The molecule has 0 aliphatic carbocycles. The molecule has 2 aromatic carbocycles. The normalized spacial score (nSPS) is 11.3. The van der Waals surface area contributed by atoms with Crippen LogP contribution in [0.15, 0.2) is 76.4 Å². The Morgan fingerprint density at radius 3 is 1.91 bits per heavy atom. The number of hydrogen-bond acceptors (Lipinski definition) is 5. The molecule has 8 heteroatoms. The van der Waals surface area contributed by atoms with E-state index in [1.165, 1.54) is 4.57 Å². The van der Waals surface area contributed by atoms with Crippen molar-refractivity contribution in [1.29, 1.82) is 0 Å². The molecule has 0 spiro atoms. The Kier molecular flexibility index (Phi) is 5.41. The Morgan fingerprint density at radius 2 is 1.35 bits per heavy atom. The van der Waals surface area contributed by atoms with E-state index in [1.54, 1.807) is 23.2 Å². The van der Waals surface area contributed by atoms with Gasteiger partial charge < -0.3 is 9.47 Å². The van der Waals surface area contributed by atoms with E-state index in [-0.39, 0.29) is 18.6 Å². The van der Waals surface area contributed by atoms with Crippen molar-refractivity contribution in [3.63, 3.8) is 0 Å². The number of imidazole rings is 1. The van der Waals surface area contributed by atoms with Crippen LogP contribution in [0.2, 0.25) is 0 Å². The van der Waals surface area contributed by atoms with Crippen LogP contribution in [0, 0.1) is 6.92 Å². The lowest BCUT2D eigenvalue weighted by Gasteiger charge is -2.13. The zero-order valence-electron chi connectivity index (χ0n) is 19.2. The number of aryl methyl sites for hydroxylation is 1. The maximum Gasteiger partial charge on any atom is 0.333 e. The number of methoxy groups -OCH3 is 2. The molecule has 0 saturated heterocycles. The van der Waals surface area contributed by atoms with Gasteiger partial charge in [0.05, 0.1) is 27.3 Å². The van der Waals surface area contributed by atoms with Crippen molar-refractivity contribution in [2.24, 2.45) is 0 Å². The molecule has 0 aliphatic heterocycles. The average Bonchev–Trinajstić information content (AvgIpc) is 3.24. The monoisotopic (exact) mass is 456 g/mol. The first-order valence-electron chi connectivity index (χ1n) is 10.9. The molecule has 0 bridgehead atoms. The highest BCUT2D eigenvalue weighted by Crippen LogP contribution is 2.18. The van der Waals surface area contributed by atoms with Gasteiger partial charge in [0, 0.05) is 6.20 Å². The Morgan fingerprint density at radius 1 is 0.794 bits per heavy atom. The zero-order valence-corrected chi connectivity index (χ0v) is 19.2. The van der Waals surface area contributed by atoms with Crippen molar-refractivity contribution < 1.29 is 9.47 Å². The topological polar surface area (TPSA) is 79.8 Å². The molecule has 5 rings (SSSR count). The van der Waals surface area contributed by atoms with E-state index in [2.05, 4.69) is 4.98 Å². The van der Waals surface area contributed by atoms with Gasteiger partial charge in [0.2, 0.25) is 0 Å². The summed E-state index contributed by atoms with van der Waals surface area (Å²) < 4.78 is 15.1. The molecule has 0 radical (unpaired) electrons. The third-order valence-corrected chi connectivity index (χ3v) is 5.92. The Hall–Kier alpha value is -4.33. The molecule has 172 valence electrons. The van der Waals surface area contributed by atoms with E-state index in [1.807, 2.05) is 73.8 Å². The minimum Gasteiger partial charge on any atom is -0.497 e. The molecule has 0 amide bonds. The van der Waals surface area contributed by atoms with Gasteiger partial charge in [-0.3, -0.25) is 18.3 Å². The van der Waals surface area contributed by atoms with Gasteiger partial charge in [-0.15, -0.1) is 0 Å². The van der Waals surface area contributed by atoms with Crippen LogP contribution in [-0.2, 0) is 13.1 Å². The second-order valence-corrected chi connectivity index (χ2v) is 8.17. The number of aromatic nitrogens is 4. The molecule has 3 heterocycles. The summed E-state index contributed by atoms with van der Waals surface area (Å²) in [7, 11) is 3.20. The number of benzene rings is 2. The largest absolute Gasteiger partial charge is 0.497 e. The first-order valence-corrected chi connectivity index (χ1v) is 10.9. The van der Waals surface area contributed by atoms with Gasteiger partial charge in [0.25, 0.3) is 5.56 Å². The van der Waals surface area contributed by atoms with Gasteiger partial charge in [-0.1, -0.05) is 24.3 Å². The van der Waals surface area contributed by atoms with Gasteiger partial charge >= 0.3 is 5.69 Å². The van der Waals surface area contributed by atoms with Crippen LogP contribution in [0.25, 0.3) is 16.8 Å². The van der Waals surface area contributed by atoms with E-state index in [0.29, 0.717) is 17.0 Å². The lowest BCUT2D eigenvalue weighted by atomic mass is 10.2. The first-order chi connectivity index (χ1) is 16.5. The summed E-state index contributed by atoms with van der Waals surface area (Å²) in [5, 5.41) is 0. The molecule has 0 fully saturated rings. The van der Waals surface area contributed by atoms with Gasteiger partial charge in [-0.25, -0.2) is 9.78 Å². The third-order valence-electron chi connectivity index (χ3n) is 5.92. The summed E-state index contributed by atoms with van der Waals surface area (Å²) in [5.74, 6) is 1.44. The van der Waals surface area contributed by atoms with Gasteiger partial charge in [-0.05, 0) is 60.0 Å². The number of rotatable bonds is 6. The van der Waals surface area contributed by atoms with E-state index in [9.17, 15) is 9.59 Å². The van der Waals surface area contributed by atoms with Crippen LogP contribution >= 0.6 is 0 Å². The highest BCUT2D eigenvalue weighted by molar-refractivity contribution is 5.76. The van der Waals surface area contributed by atoms with E-state index in [4.69, 9.17) is 9.47 Å². The predicted molar refractivity (Wildman–Crippen MR) is 130 cm³/mol. The van der Waals surface area contributed by atoms with Gasteiger partial charge in [-0.2, -0.15) is 0 Å². The number of pyridine rings is 1. The van der Waals surface area contributed by atoms with E-state index >= 15 is 0 Å². The summed E-state index contributed by atoms with van der Waals surface area (Å²) in [4.78, 5) is 31.8. The van der Waals surface area contributed by atoms with Gasteiger partial charge in [0.1, 0.15) is 17.1 Å². The van der Waals surface area contributed by atoms with Crippen molar-refractivity contribution >= 4 is 16.8 Å². The van der Waals surface area contributed by atoms with Crippen molar-refractivity contribution in [2.75, 3.05) is 14.2 Å². The number of ether oxygens (including phenoxy) is 2. The summed E-state index contributed by atoms with van der Waals surface area (Å²) in [6, 6.07) is 18.6. The van der Waals surface area contributed by atoms with E-state index in [0.717, 1.165) is 22.4 Å². The van der Waals surface area contributed by atoms with Crippen LogP contribution in [0.3, 0.4) is 0 Å². The second kappa shape index (κ2) is 8.55. The number of nitrogens with zero attached hydrogens (tertiary/aromatic N) is 4. The lowest BCUT2D eigenvalue weighted by Crippen LogP contribution is -2.40. The SMILES string of the molecule is COc1ccc(Cn2c(=O)c3nc4cc(C)ccn4c3n(Cc3ccc(OC)cc3)c2=O)cc1.